The third kappa shape index (κ3) is 5.95. The molecule has 1 aromatic heterocycles. The number of likely N-dealkylation sites (N-methyl/N-ethyl adjacent to an activating group) is 2. The zero-order chi connectivity index (χ0) is 20.5. The van der Waals surface area contributed by atoms with Crippen LogP contribution < -0.4 is 5.32 Å². The minimum atomic E-state index is 0.0564. The van der Waals surface area contributed by atoms with Crippen LogP contribution in [0.25, 0.3) is 11.4 Å². The molecule has 1 aromatic carbocycles. The monoisotopic (exact) mass is 406 g/mol. The molecule has 1 heterocycles. The normalized spacial score (nSPS) is 11.4. The second-order valence-electron chi connectivity index (χ2n) is 6.11. The van der Waals surface area contributed by atoms with E-state index in [1.807, 2.05) is 40.0 Å². The van der Waals surface area contributed by atoms with E-state index in [1.165, 1.54) is 0 Å². The first-order valence-electron chi connectivity index (χ1n) is 9.34. The highest BCUT2D eigenvalue weighted by molar-refractivity contribution is 6.30. The van der Waals surface area contributed by atoms with Crippen LogP contribution in [0, 0.1) is 0 Å². The Balaban J connectivity index is 2.05. The van der Waals surface area contributed by atoms with Gasteiger partial charge in [-0.05, 0) is 45.0 Å². The molecule has 1 N–H and O–H groups in total. The van der Waals surface area contributed by atoms with Gasteiger partial charge in [-0.15, -0.1) is 0 Å². The summed E-state index contributed by atoms with van der Waals surface area (Å²) in [4.78, 5) is 24.8. The van der Waals surface area contributed by atoms with Crippen LogP contribution in [0.15, 0.2) is 33.8 Å². The van der Waals surface area contributed by atoms with Crippen molar-refractivity contribution in [2.24, 2.45) is 4.99 Å². The molecule has 0 bridgehead atoms. The van der Waals surface area contributed by atoms with Crippen LogP contribution in [0.2, 0.25) is 5.02 Å². The summed E-state index contributed by atoms with van der Waals surface area (Å²) in [7, 11) is 1.83. The number of benzene rings is 1. The van der Waals surface area contributed by atoms with Gasteiger partial charge in [-0.2, -0.15) is 4.98 Å². The number of aromatic nitrogens is 2. The number of nitrogens with zero attached hydrogens (tertiary/aromatic N) is 5. The average molecular weight is 407 g/mol. The number of nitrogens with one attached hydrogen (secondary N) is 1. The van der Waals surface area contributed by atoms with Crippen molar-refractivity contribution in [3.8, 4) is 11.4 Å². The average Bonchev–Trinajstić information content (AvgIpc) is 3.15. The molecule has 0 aliphatic carbocycles. The number of carbonyl (C=O) groups excluding carboxylic acids is 1. The van der Waals surface area contributed by atoms with E-state index in [0.29, 0.717) is 42.3 Å². The van der Waals surface area contributed by atoms with Crippen LogP contribution in [0.1, 0.15) is 26.7 Å². The molecule has 0 aliphatic rings. The Morgan fingerprint density at radius 2 is 1.89 bits per heavy atom. The molecule has 0 fully saturated rings. The maximum atomic E-state index is 12.3. The lowest BCUT2D eigenvalue weighted by Crippen LogP contribution is -2.45. The largest absolute Gasteiger partial charge is 0.356 e. The Morgan fingerprint density at radius 3 is 2.50 bits per heavy atom. The fourth-order valence-electron chi connectivity index (χ4n) is 2.60. The van der Waals surface area contributed by atoms with Gasteiger partial charge in [-0.25, -0.2) is 4.99 Å². The maximum Gasteiger partial charge on any atom is 0.248 e. The van der Waals surface area contributed by atoms with Crippen LogP contribution in [0.4, 0.5) is 0 Å². The number of hydrogen-bond donors (Lipinski definition) is 1. The van der Waals surface area contributed by atoms with Crippen LogP contribution in [-0.4, -0.2) is 65.0 Å². The molecule has 0 spiro atoms. The van der Waals surface area contributed by atoms with Crippen molar-refractivity contribution >= 4 is 23.5 Å². The summed E-state index contributed by atoms with van der Waals surface area (Å²) in [6.07, 6.45) is 0. The summed E-state index contributed by atoms with van der Waals surface area (Å²) in [5.41, 5.74) is 0.817. The molecule has 0 atom stereocenters. The molecule has 0 saturated heterocycles. The quantitative estimate of drug-likeness (QED) is 0.535. The van der Waals surface area contributed by atoms with E-state index in [2.05, 4.69) is 20.4 Å². The number of amides is 1. The van der Waals surface area contributed by atoms with E-state index in [1.54, 1.807) is 21.9 Å². The highest BCUT2D eigenvalue weighted by Gasteiger charge is 2.15. The molecule has 0 aliphatic heterocycles. The third-order valence-electron chi connectivity index (χ3n) is 4.12. The molecule has 0 radical (unpaired) electrons. The van der Waals surface area contributed by atoms with Crippen molar-refractivity contribution < 1.29 is 9.32 Å². The van der Waals surface area contributed by atoms with Gasteiger partial charge in [-0.1, -0.05) is 16.8 Å². The van der Waals surface area contributed by atoms with E-state index in [9.17, 15) is 4.79 Å². The van der Waals surface area contributed by atoms with Gasteiger partial charge >= 0.3 is 0 Å². The van der Waals surface area contributed by atoms with Gasteiger partial charge in [0.05, 0.1) is 6.54 Å². The van der Waals surface area contributed by atoms with Crippen molar-refractivity contribution in [3.63, 3.8) is 0 Å². The fourth-order valence-corrected chi connectivity index (χ4v) is 2.73. The lowest BCUT2D eigenvalue weighted by atomic mass is 10.2. The summed E-state index contributed by atoms with van der Waals surface area (Å²) in [5.74, 6) is 1.54. The Morgan fingerprint density at radius 1 is 1.21 bits per heavy atom. The minimum Gasteiger partial charge on any atom is -0.356 e. The van der Waals surface area contributed by atoms with E-state index in [-0.39, 0.29) is 19.0 Å². The van der Waals surface area contributed by atoms with Crippen LogP contribution in [0.3, 0.4) is 0 Å². The van der Waals surface area contributed by atoms with E-state index in [4.69, 9.17) is 16.1 Å². The third-order valence-corrected chi connectivity index (χ3v) is 4.37. The molecule has 8 nitrogen and oxygen atoms in total. The summed E-state index contributed by atoms with van der Waals surface area (Å²) in [6.45, 7) is 8.42. The molecule has 1 amide bonds. The lowest BCUT2D eigenvalue weighted by Gasteiger charge is -2.25. The smallest absolute Gasteiger partial charge is 0.248 e. The topological polar surface area (TPSA) is 86.9 Å². The van der Waals surface area contributed by atoms with E-state index >= 15 is 0 Å². The van der Waals surface area contributed by atoms with Gasteiger partial charge in [0.25, 0.3) is 0 Å². The molecular weight excluding hydrogens is 380 g/mol. The first-order valence-corrected chi connectivity index (χ1v) is 9.71. The summed E-state index contributed by atoms with van der Waals surface area (Å²) in [6, 6.07) is 7.21. The Bertz CT molecular complexity index is 786. The number of guanidine groups is 1. The number of hydrogen-bond acceptors (Lipinski definition) is 5. The minimum absolute atomic E-state index is 0.0564. The summed E-state index contributed by atoms with van der Waals surface area (Å²) < 4.78 is 5.29. The first-order chi connectivity index (χ1) is 13.5. The van der Waals surface area contributed by atoms with E-state index < -0.39 is 0 Å². The maximum absolute atomic E-state index is 12.3. The Kier molecular flexibility index (Phi) is 8.25. The molecule has 0 saturated carbocycles. The van der Waals surface area contributed by atoms with Crippen molar-refractivity contribution in [1.82, 2.24) is 25.3 Å². The molecule has 2 aromatic rings. The van der Waals surface area contributed by atoms with E-state index in [0.717, 1.165) is 5.56 Å². The van der Waals surface area contributed by atoms with Gasteiger partial charge in [-0.3, -0.25) is 4.79 Å². The van der Waals surface area contributed by atoms with Gasteiger partial charge in [0.15, 0.2) is 5.96 Å². The van der Waals surface area contributed by atoms with Crippen molar-refractivity contribution in [2.45, 2.75) is 27.3 Å². The van der Waals surface area contributed by atoms with Gasteiger partial charge in [0.1, 0.15) is 6.54 Å². The highest BCUT2D eigenvalue weighted by Crippen LogP contribution is 2.18. The van der Waals surface area contributed by atoms with Gasteiger partial charge in [0, 0.05) is 37.3 Å². The molecule has 2 rings (SSSR count). The molecule has 0 unspecified atom stereocenters. The van der Waals surface area contributed by atoms with Crippen LogP contribution >= 0.6 is 11.6 Å². The molecule has 28 heavy (non-hydrogen) atoms. The fraction of sp³-hybridized carbons (Fsp3) is 0.474. The zero-order valence-corrected chi connectivity index (χ0v) is 17.5. The second kappa shape index (κ2) is 10.7. The molecule has 152 valence electrons. The summed E-state index contributed by atoms with van der Waals surface area (Å²) in [5, 5.41) is 7.81. The summed E-state index contributed by atoms with van der Waals surface area (Å²) >= 11 is 5.90. The number of aliphatic imine (C=N–C) groups is 1. The predicted molar refractivity (Wildman–Crippen MR) is 110 cm³/mol. The van der Waals surface area contributed by atoms with Gasteiger partial charge < -0.3 is 19.6 Å². The van der Waals surface area contributed by atoms with Crippen LogP contribution in [-0.2, 0) is 11.3 Å². The van der Waals surface area contributed by atoms with Crippen molar-refractivity contribution in [2.75, 3.05) is 33.2 Å². The Hall–Kier alpha value is -2.61. The highest BCUT2D eigenvalue weighted by atomic mass is 35.5. The number of carbonyl (C=O) groups is 1. The second-order valence-corrected chi connectivity index (χ2v) is 6.55. The van der Waals surface area contributed by atoms with Crippen molar-refractivity contribution in [1.29, 1.82) is 0 Å². The van der Waals surface area contributed by atoms with Gasteiger partial charge in [0.2, 0.25) is 17.6 Å². The van der Waals surface area contributed by atoms with Crippen LogP contribution in [0.5, 0.6) is 0 Å². The molecular formula is C19H27ClN6O2. The van der Waals surface area contributed by atoms with Crippen molar-refractivity contribution in [3.05, 3.63) is 35.2 Å². The zero-order valence-electron chi connectivity index (χ0n) is 16.8. The Labute approximate surface area is 170 Å². The standard InChI is InChI=1S/C19H27ClN6O2/c1-5-21-19(25(4)13-17(27)26(6-2)7-3)22-12-16-23-18(24-28-16)14-8-10-15(20)11-9-14/h8-11H,5-7,12-13H2,1-4H3,(H,21,22). The SMILES string of the molecule is CCNC(=NCc1nc(-c2ccc(Cl)cc2)no1)N(C)CC(=O)N(CC)CC. The number of rotatable bonds is 8. The first kappa shape index (κ1) is 21.7. The number of halogens is 1. The molecule has 9 heteroatoms. The predicted octanol–water partition coefficient (Wildman–Crippen LogP) is 2.66. The lowest BCUT2D eigenvalue weighted by molar-refractivity contribution is -0.131.